The third-order valence-corrected chi connectivity index (χ3v) is 18.6. The van der Waals surface area contributed by atoms with Crippen molar-refractivity contribution in [1.29, 1.82) is 0 Å². The highest BCUT2D eigenvalue weighted by molar-refractivity contribution is 7.47. The molecule has 0 radical (unpaired) electrons. The standard InChI is InChI=1S/C68H132O17P2/c1-9-59(6)45-37-29-21-18-19-23-35-43-51-68(73)85-64(55-79-66(71)49-41-33-27-25-31-39-47-61(8)11-3)57-83-87(76,77)81-53-62(69)52-80-86(74,75)82-56-63(54-78-65(70)48-40-32-26-24-30-38-46-60(7)10-2)84-67(72)50-42-34-22-17-15-13-12-14-16-20-28-36-44-58(4)5/h58-64,69H,9-57H2,1-8H3,(H,74,75)(H,76,77)/t59?,60?,61?,62-,63+,64+/m0/s1. The third kappa shape index (κ3) is 58.9. The summed E-state index contributed by atoms with van der Waals surface area (Å²) in [5, 5.41) is 10.6. The van der Waals surface area contributed by atoms with Crippen LogP contribution in [0, 0.1) is 23.7 Å². The third-order valence-electron chi connectivity index (χ3n) is 16.7. The zero-order valence-corrected chi connectivity index (χ0v) is 58.4. The minimum Gasteiger partial charge on any atom is -0.462 e. The second-order valence-electron chi connectivity index (χ2n) is 25.8. The maximum Gasteiger partial charge on any atom is 0.472 e. The fourth-order valence-electron chi connectivity index (χ4n) is 10.0. The molecule has 0 saturated carbocycles. The molecule has 0 amide bonds. The van der Waals surface area contributed by atoms with Gasteiger partial charge in [-0.15, -0.1) is 0 Å². The molecule has 19 heteroatoms. The maximum absolute atomic E-state index is 13.0. The van der Waals surface area contributed by atoms with Crippen molar-refractivity contribution in [3.63, 3.8) is 0 Å². The number of esters is 4. The molecule has 0 aliphatic rings. The van der Waals surface area contributed by atoms with Crippen molar-refractivity contribution < 1.29 is 80.2 Å². The minimum atomic E-state index is -4.95. The summed E-state index contributed by atoms with van der Waals surface area (Å²) in [6.07, 6.45) is 38.9. The van der Waals surface area contributed by atoms with Crippen LogP contribution in [0.1, 0.15) is 331 Å². The molecule has 0 bridgehead atoms. The Kier molecular flexibility index (Phi) is 56.6. The van der Waals surface area contributed by atoms with E-state index in [9.17, 15) is 43.2 Å². The molecule has 3 N–H and O–H groups in total. The number of unbranched alkanes of at least 4 members (excludes halogenated alkanes) is 28. The van der Waals surface area contributed by atoms with Gasteiger partial charge in [-0.25, -0.2) is 9.13 Å². The van der Waals surface area contributed by atoms with Gasteiger partial charge >= 0.3 is 39.5 Å². The predicted octanol–water partition coefficient (Wildman–Crippen LogP) is 18.9. The Hall–Kier alpha value is -1.94. The number of hydrogen-bond acceptors (Lipinski definition) is 15. The summed E-state index contributed by atoms with van der Waals surface area (Å²) in [6.45, 7) is 14.1. The fourth-order valence-corrected chi connectivity index (χ4v) is 11.6. The van der Waals surface area contributed by atoms with Crippen LogP contribution >= 0.6 is 15.6 Å². The molecule has 0 aliphatic carbocycles. The molecule has 0 aromatic heterocycles. The Morgan fingerprint density at radius 2 is 0.552 bits per heavy atom. The smallest absolute Gasteiger partial charge is 0.462 e. The summed E-state index contributed by atoms with van der Waals surface area (Å²) < 4.78 is 68.2. The number of phosphoric acid groups is 2. The molecule has 17 nitrogen and oxygen atoms in total. The lowest BCUT2D eigenvalue weighted by Crippen LogP contribution is -2.30. The largest absolute Gasteiger partial charge is 0.472 e. The second kappa shape index (κ2) is 57.9. The quantitative estimate of drug-likeness (QED) is 0.0222. The maximum atomic E-state index is 13.0. The van der Waals surface area contributed by atoms with Crippen LogP contribution in [0.2, 0.25) is 0 Å². The number of carbonyl (C=O) groups is 4. The lowest BCUT2D eigenvalue weighted by molar-refractivity contribution is -0.161. The molecule has 87 heavy (non-hydrogen) atoms. The topological polar surface area (TPSA) is 237 Å². The van der Waals surface area contributed by atoms with Crippen molar-refractivity contribution in [3.05, 3.63) is 0 Å². The van der Waals surface area contributed by atoms with Gasteiger partial charge in [0.2, 0.25) is 0 Å². The Balaban J connectivity index is 5.26. The van der Waals surface area contributed by atoms with Gasteiger partial charge in [0, 0.05) is 25.7 Å². The molecule has 0 saturated heterocycles. The Bertz CT molecular complexity index is 1740. The first-order chi connectivity index (χ1) is 41.7. The van der Waals surface area contributed by atoms with Crippen molar-refractivity contribution in [2.75, 3.05) is 39.6 Å². The average molecular weight is 1280 g/mol. The van der Waals surface area contributed by atoms with Crippen molar-refractivity contribution in [2.24, 2.45) is 23.7 Å². The van der Waals surface area contributed by atoms with Crippen molar-refractivity contribution in [1.82, 2.24) is 0 Å². The summed E-state index contributed by atoms with van der Waals surface area (Å²) in [4.78, 5) is 72.4. The van der Waals surface area contributed by atoms with Crippen LogP contribution in [0.5, 0.6) is 0 Å². The summed E-state index contributed by atoms with van der Waals surface area (Å²) in [7, 11) is -9.90. The first-order valence-corrected chi connectivity index (χ1v) is 38.3. The summed E-state index contributed by atoms with van der Waals surface area (Å²) in [5.41, 5.74) is 0. The Morgan fingerprint density at radius 3 is 0.816 bits per heavy atom. The lowest BCUT2D eigenvalue weighted by atomic mass is 9.99. The zero-order chi connectivity index (χ0) is 64.7. The van der Waals surface area contributed by atoms with E-state index in [0.717, 1.165) is 126 Å². The van der Waals surface area contributed by atoms with E-state index in [2.05, 4.69) is 55.4 Å². The van der Waals surface area contributed by atoms with E-state index in [1.165, 1.54) is 122 Å². The molecule has 8 atom stereocenters. The molecule has 0 aromatic carbocycles. The molecule has 0 fully saturated rings. The summed E-state index contributed by atoms with van der Waals surface area (Å²) >= 11 is 0. The van der Waals surface area contributed by atoms with E-state index in [4.69, 9.17) is 37.0 Å². The zero-order valence-electron chi connectivity index (χ0n) is 56.6. The molecule has 0 rings (SSSR count). The van der Waals surface area contributed by atoms with Crippen molar-refractivity contribution >= 4 is 39.5 Å². The number of rotatable bonds is 65. The van der Waals surface area contributed by atoms with Gasteiger partial charge < -0.3 is 33.8 Å². The number of aliphatic hydroxyl groups is 1. The van der Waals surface area contributed by atoms with Crippen LogP contribution in [0.15, 0.2) is 0 Å². The van der Waals surface area contributed by atoms with E-state index < -0.39 is 97.5 Å². The van der Waals surface area contributed by atoms with Gasteiger partial charge in [0.1, 0.15) is 19.3 Å². The number of ether oxygens (including phenoxy) is 4. The van der Waals surface area contributed by atoms with Crippen LogP contribution < -0.4 is 0 Å². The highest BCUT2D eigenvalue weighted by Crippen LogP contribution is 2.45. The van der Waals surface area contributed by atoms with Gasteiger partial charge in [0.05, 0.1) is 26.4 Å². The number of aliphatic hydroxyl groups excluding tert-OH is 1. The van der Waals surface area contributed by atoms with Gasteiger partial charge in [-0.3, -0.25) is 37.3 Å². The molecule has 0 spiro atoms. The molecule has 0 heterocycles. The van der Waals surface area contributed by atoms with E-state index in [-0.39, 0.29) is 25.7 Å². The van der Waals surface area contributed by atoms with Crippen LogP contribution in [-0.2, 0) is 65.4 Å². The second-order valence-corrected chi connectivity index (χ2v) is 28.7. The number of carbonyl (C=O) groups excluding carboxylic acids is 4. The number of phosphoric ester groups is 2. The number of hydrogen-bond donors (Lipinski definition) is 3. The fraction of sp³-hybridized carbons (Fsp3) is 0.941. The highest BCUT2D eigenvalue weighted by atomic mass is 31.2. The molecule has 0 aromatic rings. The summed E-state index contributed by atoms with van der Waals surface area (Å²) in [5.74, 6) is 0.873. The van der Waals surface area contributed by atoms with Gasteiger partial charge in [-0.05, 0) is 49.4 Å². The van der Waals surface area contributed by atoms with E-state index >= 15 is 0 Å². The summed E-state index contributed by atoms with van der Waals surface area (Å²) in [6, 6.07) is 0. The normalized spacial score (nSPS) is 15.3. The Morgan fingerprint density at radius 1 is 0.322 bits per heavy atom. The average Bonchev–Trinajstić information content (AvgIpc) is 3.69. The van der Waals surface area contributed by atoms with Crippen LogP contribution in [0.3, 0.4) is 0 Å². The van der Waals surface area contributed by atoms with Crippen LogP contribution in [0.25, 0.3) is 0 Å². The van der Waals surface area contributed by atoms with Crippen LogP contribution in [0.4, 0.5) is 0 Å². The Labute approximate surface area is 530 Å². The lowest BCUT2D eigenvalue weighted by Gasteiger charge is -2.21. The SMILES string of the molecule is CCC(C)CCCCCCCCCCC(=O)O[C@H](COC(=O)CCCCCCCCC(C)CC)COP(=O)(O)OC[C@@H](O)COP(=O)(O)OC[C@@H](COC(=O)CCCCCCCCC(C)CC)OC(=O)CCCCCCCCCCCCCCC(C)C. The van der Waals surface area contributed by atoms with Gasteiger partial charge in [0.25, 0.3) is 0 Å². The van der Waals surface area contributed by atoms with Gasteiger partial charge in [-0.1, -0.05) is 280 Å². The monoisotopic (exact) mass is 1280 g/mol. The van der Waals surface area contributed by atoms with Gasteiger partial charge in [0.15, 0.2) is 12.2 Å². The predicted molar refractivity (Wildman–Crippen MR) is 349 cm³/mol. The molecular formula is C68H132O17P2. The first kappa shape index (κ1) is 85.1. The van der Waals surface area contributed by atoms with Crippen LogP contribution in [-0.4, -0.2) is 96.7 Å². The van der Waals surface area contributed by atoms with E-state index in [0.29, 0.717) is 25.7 Å². The van der Waals surface area contributed by atoms with Gasteiger partial charge in [-0.2, -0.15) is 0 Å². The van der Waals surface area contributed by atoms with Crippen molar-refractivity contribution in [2.45, 2.75) is 350 Å². The molecular weight excluding hydrogens is 1150 g/mol. The van der Waals surface area contributed by atoms with Crippen molar-refractivity contribution in [3.8, 4) is 0 Å². The highest BCUT2D eigenvalue weighted by Gasteiger charge is 2.30. The molecule has 5 unspecified atom stereocenters. The first-order valence-electron chi connectivity index (χ1n) is 35.3. The van der Waals surface area contributed by atoms with E-state index in [1.54, 1.807) is 0 Å². The molecule has 516 valence electrons. The van der Waals surface area contributed by atoms with E-state index in [1.807, 2.05) is 0 Å². The molecule has 0 aliphatic heterocycles. The minimum absolute atomic E-state index is 0.103.